The van der Waals surface area contributed by atoms with Gasteiger partial charge in [-0.15, -0.1) is 0 Å². The fourth-order valence-corrected chi connectivity index (χ4v) is 0. The predicted molar refractivity (Wildman–Crippen MR) is 12.5 cm³/mol. The molecule has 4 nitrogen and oxygen atoms in total. The average Bonchev–Trinajstić information content (AvgIpc) is 0.722. The molecule has 0 radical (unpaired) electrons. The molecule has 2 N–H and O–H groups in total. The topological polar surface area (TPSA) is 74.6 Å². The quantitative estimate of drug-likeness (QED) is 0.458. The fraction of sp³-hybridized carbons (Fsp3) is 1.00. The van der Waals surface area contributed by atoms with E-state index in [9.17, 15) is 0 Å². The van der Waals surface area contributed by atoms with Crippen molar-refractivity contribution in [2.75, 3.05) is 0 Å². The molecule has 0 aliphatic carbocycles. The molecule has 0 saturated carbocycles. The zero-order valence-corrected chi connectivity index (χ0v) is 3.39. The number of rotatable bonds is 0. The van der Waals surface area contributed by atoms with Crippen molar-refractivity contribution in [3.8, 4) is 0 Å². The second-order valence-electron chi connectivity index (χ2n) is 0.448. The van der Waals surface area contributed by atoms with Gasteiger partial charge in [0, 0.05) is 0 Å². The van der Waals surface area contributed by atoms with E-state index in [0.717, 1.165) is 0 Å². The number of hydrogen-bond donors (Lipinski definition) is 2. The molecule has 6 heavy (non-hydrogen) atoms. The standard InChI is InChI=1S/CH4.Cr.2H2O.2O/h1H4;;2*1H2;;/q;+2;;;;/p-2. The first-order chi connectivity index (χ1) is 2.00. The summed E-state index contributed by atoms with van der Waals surface area (Å²) in [6.07, 6.45) is 0. The Morgan fingerprint density at radius 2 is 1.17 bits per heavy atom. The van der Waals surface area contributed by atoms with E-state index in [1.54, 1.807) is 0 Å². The zero-order chi connectivity index (χ0) is 4.50. The van der Waals surface area contributed by atoms with Crippen molar-refractivity contribution in [2.24, 2.45) is 0 Å². The van der Waals surface area contributed by atoms with Gasteiger partial charge in [0.1, 0.15) is 0 Å². The Hall–Kier alpha value is 0.0525. The van der Waals surface area contributed by atoms with Gasteiger partial charge in [-0.3, -0.25) is 0 Å². The normalized spacial score (nSPS) is 9.67. The van der Waals surface area contributed by atoms with Crippen LogP contribution in [0.25, 0.3) is 0 Å². The molecule has 0 aliphatic heterocycles. The van der Waals surface area contributed by atoms with Crippen LogP contribution in [0, 0.1) is 0 Å². The van der Waals surface area contributed by atoms with Crippen LogP contribution in [0.3, 0.4) is 0 Å². The third-order valence-electron chi connectivity index (χ3n) is 0. The molecule has 0 heterocycles. The molecule has 0 aromatic carbocycles. The summed E-state index contributed by atoms with van der Waals surface area (Å²) in [5.41, 5.74) is 0. The summed E-state index contributed by atoms with van der Waals surface area (Å²) in [5.74, 6) is 0. The summed E-state index contributed by atoms with van der Waals surface area (Å²) in [6, 6.07) is 0. The summed E-state index contributed by atoms with van der Waals surface area (Å²) in [7, 11) is 0. The van der Waals surface area contributed by atoms with Crippen LogP contribution in [0.2, 0.25) is 0 Å². The van der Waals surface area contributed by atoms with Gasteiger partial charge in [-0.1, -0.05) is 7.43 Å². The van der Waals surface area contributed by atoms with Gasteiger partial charge in [0.15, 0.2) is 0 Å². The first-order valence-electron chi connectivity index (χ1n) is 0.698. The van der Waals surface area contributed by atoms with Crippen LogP contribution < -0.4 is 0 Å². The summed E-state index contributed by atoms with van der Waals surface area (Å²) in [4.78, 5) is 0. The van der Waals surface area contributed by atoms with Crippen LogP contribution in [-0.2, 0) is 21.2 Å². The van der Waals surface area contributed by atoms with E-state index in [-0.39, 0.29) is 7.43 Å². The van der Waals surface area contributed by atoms with Crippen molar-refractivity contribution in [1.82, 2.24) is 0 Å². The summed E-state index contributed by atoms with van der Waals surface area (Å²) >= 11 is -5.25. The van der Waals surface area contributed by atoms with Crippen molar-refractivity contribution >= 4 is 0 Å². The van der Waals surface area contributed by atoms with Gasteiger partial charge in [-0.2, -0.15) is 0 Å². The molecule has 0 bridgehead atoms. The van der Waals surface area contributed by atoms with E-state index in [2.05, 4.69) is 0 Å². The maximum absolute atomic E-state index is 8.82. The van der Waals surface area contributed by atoms with E-state index >= 15 is 0 Å². The fourth-order valence-electron chi connectivity index (χ4n) is 0. The molecule has 5 heteroatoms. The van der Waals surface area contributed by atoms with E-state index < -0.39 is 13.6 Å². The van der Waals surface area contributed by atoms with Gasteiger partial charge >= 0.3 is 29.5 Å². The van der Waals surface area contributed by atoms with Gasteiger partial charge in [0.2, 0.25) is 0 Å². The Kier molecular flexibility index (Phi) is 3.55. The maximum atomic E-state index is 8.82. The van der Waals surface area contributed by atoms with Gasteiger partial charge in [0.25, 0.3) is 0 Å². The molecule has 0 aliphatic rings. The van der Waals surface area contributed by atoms with E-state index in [1.807, 2.05) is 0 Å². The number of hydrogen-bond acceptors (Lipinski definition) is 2. The Labute approximate surface area is 37.8 Å². The molecule has 0 rings (SSSR count). The van der Waals surface area contributed by atoms with Gasteiger partial charge < -0.3 is 0 Å². The summed E-state index contributed by atoms with van der Waals surface area (Å²) < 4.78 is 31.9. The first-order valence-corrected chi connectivity index (χ1v) is 2.88. The van der Waals surface area contributed by atoms with Crippen LogP contribution in [0.15, 0.2) is 0 Å². The molecule has 0 amide bonds. The van der Waals surface area contributed by atoms with Crippen molar-refractivity contribution < 1.29 is 29.5 Å². The summed E-state index contributed by atoms with van der Waals surface area (Å²) in [5, 5.41) is 0. The molecule has 0 aromatic rings. The first kappa shape index (κ1) is 9.41. The van der Waals surface area contributed by atoms with Gasteiger partial charge in [0.05, 0.1) is 0 Å². The third kappa shape index (κ3) is 13700. The Balaban J connectivity index is 0. The summed E-state index contributed by atoms with van der Waals surface area (Å²) in [6.45, 7) is 0. The van der Waals surface area contributed by atoms with Crippen LogP contribution in [0.1, 0.15) is 7.43 Å². The van der Waals surface area contributed by atoms with E-state index in [4.69, 9.17) is 15.9 Å². The molecule has 0 saturated heterocycles. The van der Waals surface area contributed by atoms with Crippen LogP contribution >= 0.6 is 0 Å². The molecule has 0 aromatic heterocycles. The molecular weight excluding hydrogens is 128 g/mol. The molecule has 0 spiro atoms. The Morgan fingerprint density at radius 3 is 1.17 bits per heavy atom. The molecule has 0 unspecified atom stereocenters. The van der Waals surface area contributed by atoms with E-state index in [1.165, 1.54) is 0 Å². The second kappa shape index (κ2) is 2.27. The Morgan fingerprint density at radius 1 is 1.17 bits per heavy atom. The van der Waals surface area contributed by atoms with Crippen molar-refractivity contribution in [3.05, 3.63) is 0 Å². The molecule has 0 fully saturated rings. The van der Waals surface area contributed by atoms with Gasteiger partial charge in [-0.25, -0.2) is 0 Å². The van der Waals surface area contributed by atoms with Crippen LogP contribution in [0.5, 0.6) is 0 Å². The molecule has 40 valence electrons. The molecule has 0 atom stereocenters. The SMILES string of the molecule is C.[O]=[Cr](=[O])([OH])[OH]. The van der Waals surface area contributed by atoms with Crippen molar-refractivity contribution in [2.45, 2.75) is 7.43 Å². The molecular formula is CH6CrO4. The van der Waals surface area contributed by atoms with Gasteiger partial charge in [-0.05, 0) is 0 Å². The minimum absolute atomic E-state index is 0. The van der Waals surface area contributed by atoms with E-state index in [0.29, 0.717) is 0 Å². The van der Waals surface area contributed by atoms with Crippen LogP contribution in [-0.4, -0.2) is 8.32 Å². The minimum atomic E-state index is -5.25. The van der Waals surface area contributed by atoms with Crippen LogP contribution in [0.4, 0.5) is 0 Å². The Bertz CT molecular complexity index is 90.7. The zero-order valence-electron chi connectivity index (χ0n) is 2.12. The van der Waals surface area contributed by atoms with Crippen molar-refractivity contribution in [3.63, 3.8) is 0 Å². The average molecular weight is 134 g/mol. The van der Waals surface area contributed by atoms with Crippen molar-refractivity contribution in [1.29, 1.82) is 0 Å². The predicted octanol–water partition coefficient (Wildman–Crippen LogP) is -0.718. The second-order valence-corrected chi connectivity index (χ2v) is 1.85. The monoisotopic (exact) mass is 134 g/mol. The third-order valence-corrected chi connectivity index (χ3v) is 0.